The number of piperazine rings is 1. The van der Waals surface area contributed by atoms with E-state index in [4.69, 9.17) is 9.47 Å². The van der Waals surface area contributed by atoms with Crippen molar-refractivity contribution in [3.63, 3.8) is 0 Å². The third kappa shape index (κ3) is 5.21. The molecule has 1 amide bonds. The molecule has 3 rings (SSSR count). The molecular formula is C21H29N3O3+2. The van der Waals surface area contributed by atoms with Crippen molar-refractivity contribution in [1.29, 1.82) is 0 Å². The van der Waals surface area contributed by atoms with Gasteiger partial charge in [-0.25, -0.2) is 0 Å². The molecule has 1 aliphatic heterocycles. The van der Waals surface area contributed by atoms with Gasteiger partial charge in [0.05, 0.1) is 14.2 Å². The highest BCUT2D eigenvalue weighted by Crippen LogP contribution is 2.33. The summed E-state index contributed by atoms with van der Waals surface area (Å²) in [6.45, 7) is 5.67. The van der Waals surface area contributed by atoms with E-state index in [0.29, 0.717) is 23.7 Å². The summed E-state index contributed by atoms with van der Waals surface area (Å²) in [6.07, 6.45) is 0. The second kappa shape index (κ2) is 9.39. The van der Waals surface area contributed by atoms with E-state index in [1.54, 1.807) is 19.1 Å². The van der Waals surface area contributed by atoms with Crippen LogP contribution < -0.4 is 24.6 Å². The second-order valence-corrected chi connectivity index (χ2v) is 6.92. The largest absolute Gasteiger partial charge is 0.494 e. The van der Waals surface area contributed by atoms with E-state index in [9.17, 15) is 4.79 Å². The van der Waals surface area contributed by atoms with Crippen LogP contribution in [-0.4, -0.2) is 52.9 Å². The Labute approximate surface area is 160 Å². The van der Waals surface area contributed by atoms with Gasteiger partial charge < -0.3 is 24.6 Å². The molecule has 0 atom stereocenters. The standard InChI is InChI=1S/C21H27N3O3/c1-26-18-9-6-10-19(27-2)21(18)22-20(25)16-24-13-11-23(12-14-24)15-17-7-4-3-5-8-17/h3-10H,11-16H2,1-2H3,(H,22,25)/p+2. The summed E-state index contributed by atoms with van der Waals surface area (Å²) in [5.74, 6) is 1.20. The lowest BCUT2D eigenvalue weighted by atomic mass is 10.2. The normalized spacial score (nSPS) is 19.3. The van der Waals surface area contributed by atoms with Crippen molar-refractivity contribution in [3.8, 4) is 11.5 Å². The Hall–Kier alpha value is -2.57. The van der Waals surface area contributed by atoms with Crippen molar-refractivity contribution in [2.45, 2.75) is 6.54 Å². The highest BCUT2D eigenvalue weighted by atomic mass is 16.5. The van der Waals surface area contributed by atoms with Crippen molar-refractivity contribution in [3.05, 3.63) is 54.1 Å². The molecule has 6 heteroatoms. The first-order valence-electron chi connectivity index (χ1n) is 9.41. The van der Waals surface area contributed by atoms with Gasteiger partial charge in [0.25, 0.3) is 5.91 Å². The summed E-state index contributed by atoms with van der Waals surface area (Å²) in [5.41, 5.74) is 1.97. The molecule has 0 saturated carbocycles. The maximum Gasteiger partial charge on any atom is 0.279 e. The monoisotopic (exact) mass is 371 g/mol. The molecule has 2 aromatic carbocycles. The van der Waals surface area contributed by atoms with Gasteiger partial charge in [-0.05, 0) is 12.1 Å². The van der Waals surface area contributed by atoms with Crippen LogP contribution in [-0.2, 0) is 11.3 Å². The Morgan fingerprint density at radius 2 is 1.48 bits per heavy atom. The van der Waals surface area contributed by atoms with Gasteiger partial charge in [0.15, 0.2) is 6.54 Å². The number of amides is 1. The number of hydrogen-bond donors (Lipinski definition) is 3. The number of benzene rings is 2. The summed E-state index contributed by atoms with van der Waals surface area (Å²) < 4.78 is 10.7. The summed E-state index contributed by atoms with van der Waals surface area (Å²) in [7, 11) is 3.18. The fourth-order valence-corrected chi connectivity index (χ4v) is 3.58. The van der Waals surface area contributed by atoms with Crippen molar-refractivity contribution in [2.75, 3.05) is 52.3 Å². The van der Waals surface area contributed by atoms with Crippen LogP contribution in [0.1, 0.15) is 5.56 Å². The highest BCUT2D eigenvalue weighted by molar-refractivity contribution is 5.94. The lowest BCUT2D eigenvalue weighted by Crippen LogP contribution is -3.28. The zero-order valence-corrected chi connectivity index (χ0v) is 16.1. The van der Waals surface area contributed by atoms with Gasteiger partial charge in [-0.3, -0.25) is 4.79 Å². The number of carbonyl (C=O) groups excluding carboxylic acids is 1. The quantitative estimate of drug-likeness (QED) is 0.622. The SMILES string of the molecule is COc1cccc(OC)c1NC(=O)C[NH+]1CC[NH+](Cc2ccccc2)CC1. The Morgan fingerprint density at radius 1 is 0.889 bits per heavy atom. The molecule has 0 aliphatic carbocycles. The molecule has 0 unspecified atom stereocenters. The first-order chi connectivity index (χ1) is 13.2. The van der Waals surface area contributed by atoms with E-state index in [2.05, 4.69) is 35.6 Å². The fourth-order valence-electron chi connectivity index (χ4n) is 3.58. The van der Waals surface area contributed by atoms with Gasteiger partial charge in [0.2, 0.25) is 0 Å². The molecule has 1 heterocycles. The number of nitrogens with one attached hydrogen (secondary N) is 3. The summed E-state index contributed by atoms with van der Waals surface area (Å²) in [4.78, 5) is 15.4. The molecule has 1 saturated heterocycles. The van der Waals surface area contributed by atoms with E-state index in [1.807, 2.05) is 18.2 Å². The first-order valence-corrected chi connectivity index (χ1v) is 9.41. The average molecular weight is 371 g/mol. The molecule has 1 fully saturated rings. The first kappa shape index (κ1) is 19.2. The van der Waals surface area contributed by atoms with E-state index in [0.717, 1.165) is 32.7 Å². The van der Waals surface area contributed by atoms with Gasteiger partial charge in [-0.1, -0.05) is 36.4 Å². The topological polar surface area (TPSA) is 56.4 Å². The van der Waals surface area contributed by atoms with E-state index in [-0.39, 0.29) is 5.91 Å². The number of methoxy groups -OCH3 is 2. The molecule has 6 nitrogen and oxygen atoms in total. The Balaban J connectivity index is 1.50. The number of para-hydroxylation sites is 1. The second-order valence-electron chi connectivity index (χ2n) is 6.92. The van der Waals surface area contributed by atoms with Gasteiger partial charge in [0.1, 0.15) is 49.9 Å². The Kier molecular flexibility index (Phi) is 6.68. The molecular weight excluding hydrogens is 342 g/mol. The van der Waals surface area contributed by atoms with Gasteiger partial charge >= 0.3 is 0 Å². The lowest BCUT2D eigenvalue weighted by Gasteiger charge is -2.29. The number of rotatable bonds is 7. The fraction of sp³-hybridized carbons (Fsp3) is 0.381. The Morgan fingerprint density at radius 3 is 2.07 bits per heavy atom. The summed E-state index contributed by atoms with van der Waals surface area (Å²) in [5, 5.41) is 2.96. The molecule has 0 radical (unpaired) electrons. The third-order valence-corrected chi connectivity index (χ3v) is 5.06. The van der Waals surface area contributed by atoms with Crippen LogP contribution in [0.5, 0.6) is 11.5 Å². The number of ether oxygens (including phenoxy) is 2. The van der Waals surface area contributed by atoms with E-state index >= 15 is 0 Å². The molecule has 27 heavy (non-hydrogen) atoms. The van der Waals surface area contributed by atoms with Gasteiger partial charge in [-0.15, -0.1) is 0 Å². The minimum absolute atomic E-state index is 0.0145. The van der Waals surface area contributed by atoms with E-state index < -0.39 is 0 Å². The average Bonchev–Trinajstić information content (AvgIpc) is 2.70. The van der Waals surface area contributed by atoms with Gasteiger partial charge in [-0.2, -0.15) is 0 Å². The van der Waals surface area contributed by atoms with Crippen LogP contribution in [0.25, 0.3) is 0 Å². The number of anilines is 1. The summed E-state index contributed by atoms with van der Waals surface area (Å²) in [6, 6.07) is 16.1. The maximum absolute atomic E-state index is 12.5. The zero-order chi connectivity index (χ0) is 19.1. The van der Waals surface area contributed by atoms with Crippen molar-refractivity contribution in [1.82, 2.24) is 0 Å². The molecule has 0 bridgehead atoms. The number of hydrogen-bond acceptors (Lipinski definition) is 3. The molecule has 144 valence electrons. The smallest absolute Gasteiger partial charge is 0.279 e. The van der Waals surface area contributed by atoms with Crippen LogP contribution >= 0.6 is 0 Å². The van der Waals surface area contributed by atoms with Crippen LogP contribution in [0.15, 0.2) is 48.5 Å². The van der Waals surface area contributed by atoms with Gasteiger partial charge in [0, 0.05) is 5.56 Å². The van der Waals surface area contributed by atoms with Crippen LogP contribution in [0.4, 0.5) is 5.69 Å². The summed E-state index contributed by atoms with van der Waals surface area (Å²) >= 11 is 0. The highest BCUT2D eigenvalue weighted by Gasteiger charge is 2.25. The van der Waals surface area contributed by atoms with Crippen molar-refractivity contribution in [2.24, 2.45) is 0 Å². The molecule has 3 N–H and O–H groups in total. The maximum atomic E-state index is 12.5. The van der Waals surface area contributed by atoms with Crippen LogP contribution in [0.2, 0.25) is 0 Å². The minimum Gasteiger partial charge on any atom is -0.494 e. The van der Waals surface area contributed by atoms with E-state index in [1.165, 1.54) is 10.5 Å². The minimum atomic E-state index is -0.0145. The lowest BCUT2D eigenvalue weighted by molar-refractivity contribution is -1.02. The molecule has 0 spiro atoms. The molecule has 0 aromatic heterocycles. The third-order valence-electron chi connectivity index (χ3n) is 5.06. The zero-order valence-electron chi connectivity index (χ0n) is 16.1. The number of carbonyl (C=O) groups is 1. The Bertz CT molecular complexity index is 721. The van der Waals surface area contributed by atoms with Crippen molar-refractivity contribution >= 4 is 11.6 Å². The predicted molar refractivity (Wildman–Crippen MR) is 105 cm³/mol. The van der Waals surface area contributed by atoms with Crippen LogP contribution in [0.3, 0.4) is 0 Å². The molecule has 2 aromatic rings. The van der Waals surface area contributed by atoms with Crippen molar-refractivity contribution < 1.29 is 24.1 Å². The predicted octanol–water partition coefficient (Wildman–Crippen LogP) is -0.374. The van der Waals surface area contributed by atoms with Crippen LogP contribution in [0, 0.1) is 0 Å². The molecule has 1 aliphatic rings. The number of quaternary nitrogens is 2.